The van der Waals surface area contributed by atoms with Gasteiger partial charge in [-0.15, -0.1) is 0 Å². The monoisotopic (exact) mass is 266 g/mol. The third kappa shape index (κ3) is 2.33. The number of thiocarbonyl (C=S) groups is 1. The number of hydrogen-bond acceptors (Lipinski definition) is 3. The van der Waals surface area contributed by atoms with Crippen molar-refractivity contribution in [3.05, 3.63) is 0 Å². The normalized spacial score (nSPS) is 46.0. The molecule has 5 atom stereocenters. The van der Waals surface area contributed by atoms with E-state index in [1.165, 1.54) is 32.1 Å². The van der Waals surface area contributed by atoms with Gasteiger partial charge in [0.05, 0.1) is 6.10 Å². The van der Waals surface area contributed by atoms with Crippen LogP contribution in [-0.4, -0.2) is 10.5 Å². The molecule has 3 aliphatic rings. The van der Waals surface area contributed by atoms with Crippen molar-refractivity contribution in [1.82, 2.24) is 0 Å². The fourth-order valence-corrected chi connectivity index (χ4v) is 4.51. The van der Waals surface area contributed by atoms with Crippen LogP contribution >= 0.6 is 12.2 Å². The molecule has 2 unspecified atom stereocenters. The first-order valence-electron chi connectivity index (χ1n) is 5.63. The minimum atomic E-state index is 0. The first-order valence-corrected chi connectivity index (χ1v) is 6.45. The van der Waals surface area contributed by atoms with Gasteiger partial charge in [-0.3, -0.25) is 0 Å². The second kappa shape index (κ2) is 5.17. The Kier molecular flexibility index (Phi) is 4.54. The standard InChI is InChI=1S/C11H16OS2.K/c13-11(14)12-10-5-6-4-9(10)8-3-1-2-7(6)8;/h6-10H,1-5H2,(H,13,14);/q;+1/p-1/t6?,7-,8+,9?,10-;/m0./s1. The van der Waals surface area contributed by atoms with Crippen LogP contribution in [0.25, 0.3) is 0 Å². The molecule has 0 radical (unpaired) electrons. The van der Waals surface area contributed by atoms with E-state index in [9.17, 15) is 0 Å². The van der Waals surface area contributed by atoms with E-state index in [-0.39, 0.29) is 51.4 Å². The van der Waals surface area contributed by atoms with E-state index in [2.05, 4.69) is 0 Å². The van der Waals surface area contributed by atoms with E-state index >= 15 is 0 Å². The molecule has 0 spiro atoms. The summed E-state index contributed by atoms with van der Waals surface area (Å²) in [5.41, 5.74) is 0. The Labute approximate surface area is 145 Å². The van der Waals surface area contributed by atoms with Crippen molar-refractivity contribution in [2.45, 2.75) is 38.2 Å². The van der Waals surface area contributed by atoms with Crippen LogP contribution in [0.5, 0.6) is 0 Å². The predicted molar refractivity (Wildman–Crippen MR) is 61.9 cm³/mol. The van der Waals surface area contributed by atoms with Crippen LogP contribution in [0.4, 0.5) is 0 Å². The van der Waals surface area contributed by atoms with Crippen LogP contribution in [0.2, 0.25) is 0 Å². The summed E-state index contributed by atoms with van der Waals surface area (Å²) in [6, 6.07) is 0. The third-order valence-electron chi connectivity index (χ3n) is 4.62. The quantitative estimate of drug-likeness (QED) is 0.365. The summed E-state index contributed by atoms with van der Waals surface area (Å²) in [5.74, 6) is 3.69. The fraction of sp³-hybridized carbons (Fsp3) is 0.909. The van der Waals surface area contributed by atoms with Gasteiger partial charge in [0.1, 0.15) is 0 Å². The smallest absolute Gasteiger partial charge is 0.510 e. The second-order valence-corrected chi connectivity index (χ2v) is 6.06. The molecule has 3 rings (SSSR count). The minimum absolute atomic E-state index is 0. The van der Waals surface area contributed by atoms with Gasteiger partial charge in [-0.25, -0.2) is 0 Å². The summed E-state index contributed by atoms with van der Waals surface area (Å²) < 4.78 is 5.93. The molecule has 0 heterocycles. The average molecular weight is 266 g/mol. The Balaban J connectivity index is 0.000000853. The van der Waals surface area contributed by atoms with Gasteiger partial charge < -0.3 is 29.6 Å². The Morgan fingerprint density at radius 1 is 1.13 bits per heavy atom. The van der Waals surface area contributed by atoms with E-state index in [0.29, 0.717) is 10.5 Å². The Morgan fingerprint density at radius 3 is 2.60 bits per heavy atom. The van der Waals surface area contributed by atoms with Gasteiger partial charge in [-0.2, -0.15) is 0 Å². The molecule has 0 aromatic rings. The second-order valence-electron chi connectivity index (χ2n) is 5.06. The third-order valence-corrected chi connectivity index (χ3v) is 4.81. The van der Waals surface area contributed by atoms with Crippen molar-refractivity contribution >= 4 is 29.2 Å². The number of rotatable bonds is 1. The van der Waals surface area contributed by atoms with Crippen molar-refractivity contribution in [2.75, 3.05) is 0 Å². The molecule has 1 nitrogen and oxygen atoms in total. The maximum atomic E-state index is 5.60. The van der Waals surface area contributed by atoms with E-state index in [0.717, 1.165) is 23.7 Å². The van der Waals surface area contributed by atoms with Crippen LogP contribution in [0.15, 0.2) is 0 Å². The number of hydrogen-bond donors (Lipinski definition) is 0. The molecule has 2 bridgehead atoms. The van der Waals surface area contributed by atoms with Crippen molar-refractivity contribution < 1.29 is 56.1 Å². The molecule has 78 valence electrons. The summed E-state index contributed by atoms with van der Waals surface area (Å²) in [7, 11) is 0. The summed E-state index contributed by atoms with van der Waals surface area (Å²) in [5, 5.41) is 0. The fourth-order valence-electron chi connectivity index (χ4n) is 4.26. The first kappa shape index (κ1) is 13.2. The van der Waals surface area contributed by atoms with Gasteiger partial charge >= 0.3 is 51.4 Å². The maximum Gasteiger partial charge on any atom is 1.00 e. The van der Waals surface area contributed by atoms with Gasteiger partial charge in [-0.05, 0) is 49.4 Å². The van der Waals surface area contributed by atoms with Crippen LogP contribution in [-0.2, 0) is 17.4 Å². The van der Waals surface area contributed by atoms with Crippen LogP contribution in [0.3, 0.4) is 0 Å². The Bertz CT molecular complexity index is 271. The van der Waals surface area contributed by atoms with Crippen molar-refractivity contribution in [3.8, 4) is 0 Å². The van der Waals surface area contributed by atoms with E-state index in [1.807, 2.05) is 0 Å². The molecular formula is C11H15KOS2. The molecule has 0 amide bonds. The van der Waals surface area contributed by atoms with E-state index in [4.69, 9.17) is 29.6 Å². The zero-order valence-electron chi connectivity index (χ0n) is 9.15. The molecule has 0 aromatic heterocycles. The zero-order chi connectivity index (χ0) is 9.71. The molecule has 0 saturated heterocycles. The summed E-state index contributed by atoms with van der Waals surface area (Å²) >= 11 is 9.72. The minimum Gasteiger partial charge on any atom is -0.510 e. The average Bonchev–Trinajstić information content (AvgIpc) is 2.68. The van der Waals surface area contributed by atoms with Gasteiger partial charge in [0.25, 0.3) is 0 Å². The van der Waals surface area contributed by atoms with Gasteiger partial charge in [0.2, 0.25) is 0 Å². The van der Waals surface area contributed by atoms with Crippen LogP contribution < -0.4 is 51.4 Å². The van der Waals surface area contributed by atoms with Crippen molar-refractivity contribution in [1.29, 1.82) is 0 Å². The number of fused-ring (bicyclic) bond motifs is 5. The Hall–Kier alpha value is 1.75. The van der Waals surface area contributed by atoms with E-state index < -0.39 is 0 Å². The summed E-state index contributed by atoms with van der Waals surface area (Å²) in [6.45, 7) is 0. The van der Waals surface area contributed by atoms with Gasteiger partial charge in [-0.1, -0.05) is 6.42 Å². The molecule has 4 heteroatoms. The number of ether oxygens (including phenoxy) is 1. The molecular weight excluding hydrogens is 251 g/mol. The maximum absolute atomic E-state index is 5.60. The molecule has 3 fully saturated rings. The largest absolute Gasteiger partial charge is 1.00 e. The molecule has 0 N–H and O–H groups in total. The van der Waals surface area contributed by atoms with Gasteiger partial charge in [0.15, 0.2) is 0 Å². The topological polar surface area (TPSA) is 9.23 Å². The van der Waals surface area contributed by atoms with Crippen LogP contribution in [0.1, 0.15) is 32.1 Å². The predicted octanol–water partition coefficient (Wildman–Crippen LogP) is -0.336. The molecule has 0 aromatic carbocycles. The first-order chi connectivity index (χ1) is 6.75. The van der Waals surface area contributed by atoms with Crippen molar-refractivity contribution in [3.63, 3.8) is 0 Å². The van der Waals surface area contributed by atoms with Gasteiger partial charge in [0, 0.05) is 4.38 Å². The van der Waals surface area contributed by atoms with Crippen molar-refractivity contribution in [2.24, 2.45) is 23.7 Å². The zero-order valence-corrected chi connectivity index (χ0v) is 13.9. The molecule has 3 aliphatic carbocycles. The molecule has 3 saturated carbocycles. The Morgan fingerprint density at radius 2 is 1.87 bits per heavy atom. The molecule has 0 aliphatic heterocycles. The SMILES string of the molecule is S=C([S-])O[C@H]1CC2CC1[C@@H]1CCC[C@@H]21.[K+]. The van der Waals surface area contributed by atoms with E-state index in [1.54, 1.807) is 0 Å². The molecule has 15 heavy (non-hydrogen) atoms. The summed E-state index contributed by atoms with van der Waals surface area (Å²) in [4.78, 5) is 0. The summed E-state index contributed by atoms with van der Waals surface area (Å²) in [6.07, 6.45) is 7.32. The van der Waals surface area contributed by atoms with Crippen LogP contribution in [0, 0.1) is 23.7 Å².